The van der Waals surface area contributed by atoms with Gasteiger partial charge < -0.3 is 0 Å². The summed E-state index contributed by atoms with van der Waals surface area (Å²) >= 11 is 3.21. The van der Waals surface area contributed by atoms with E-state index in [1.54, 1.807) is 0 Å². The van der Waals surface area contributed by atoms with Crippen molar-refractivity contribution in [3.8, 4) is 0 Å². The first-order valence-electron chi connectivity index (χ1n) is 3.54. The van der Waals surface area contributed by atoms with Crippen LogP contribution >= 0.6 is 15.9 Å². The lowest BCUT2D eigenvalue weighted by Gasteiger charge is -2.10. The molecular weight excluding hydrogens is 202 g/mol. The quantitative estimate of drug-likeness (QED) is 0.616. The van der Waals surface area contributed by atoms with E-state index in [1.807, 2.05) is 6.92 Å². The normalized spacial score (nSPS) is 14.1. The summed E-state index contributed by atoms with van der Waals surface area (Å²) in [5, 5.41) is 0.700. The van der Waals surface area contributed by atoms with Crippen LogP contribution in [0.4, 0.5) is 8.78 Å². The summed E-state index contributed by atoms with van der Waals surface area (Å²) in [5.74, 6) is 0.157. The second kappa shape index (κ2) is 6.08. The van der Waals surface area contributed by atoms with E-state index < -0.39 is 6.43 Å². The van der Waals surface area contributed by atoms with E-state index in [4.69, 9.17) is 0 Å². The van der Waals surface area contributed by atoms with Gasteiger partial charge in [0.05, 0.1) is 0 Å². The van der Waals surface area contributed by atoms with Crippen LogP contribution in [0.2, 0.25) is 0 Å². The molecule has 0 amide bonds. The van der Waals surface area contributed by atoms with E-state index in [1.165, 1.54) is 0 Å². The highest BCUT2D eigenvalue weighted by atomic mass is 79.9. The van der Waals surface area contributed by atoms with E-state index in [9.17, 15) is 8.78 Å². The zero-order valence-corrected chi connectivity index (χ0v) is 7.70. The number of hydrogen-bond donors (Lipinski definition) is 0. The third-order valence-electron chi connectivity index (χ3n) is 1.43. The van der Waals surface area contributed by atoms with E-state index in [2.05, 4.69) is 15.9 Å². The Kier molecular flexibility index (Phi) is 6.28. The average molecular weight is 215 g/mol. The molecule has 0 spiro atoms. The Bertz CT molecular complexity index is 76.0. The fourth-order valence-corrected chi connectivity index (χ4v) is 1.51. The van der Waals surface area contributed by atoms with Gasteiger partial charge in [0.25, 0.3) is 0 Å². The van der Waals surface area contributed by atoms with E-state index in [0.717, 1.165) is 12.8 Å². The maximum atomic E-state index is 11.8. The number of hydrogen-bond acceptors (Lipinski definition) is 0. The molecule has 0 aliphatic carbocycles. The Morgan fingerprint density at radius 3 is 2.30 bits per heavy atom. The molecule has 0 aromatic rings. The SMILES string of the molecule is CCCC(CBr)CC(F)F. The minimum atomic E-state index is -2.14. The Labute approximate surface area is 69.1 Å². The fourth-order valence-electron chi connectivity index (χ4n) is 0.918. The van der Waals surface area contributed by atoms with Gasteiger partial charge in [-0.25, -0.2) is 8.78 Å². The largest absolute Gasteiger partial charge is 0.238 e. The molecule has 0 aliphatic heterocycles. The van der Waals surface area contributed by atoms with Crippen molar-refractivity contribution >= 4 is 15.9 Å². The van der Waals surface area contributed by atoms with Crippen LogP contribution in [0, 0.1) is 5.92 Å². The van der Waals surface area contributed by atoms with Crippen LogP contribution in [0.3, 0.4) is 0 Å². The molecule has 0 saturated carbocycles. The van der Waals surface area contributed by atoms with Gasteiger partial charge >= 0.3 is 0 Å². The van der Waals surface area contributed by atoms with Gasteiger partial charge in [0.15, 0.2) is 0 Å². The number of alkyl halides is 3. The lowest BCUT2D eigenvalue weighted by atomic mass is 10.0. The van der Waals surface area contributed by atoms with Crippen molar-refractivity contribution in [3.63, 3.8) is 0 Å². The molecule has 0 nitrogen and oxygen atoms in total. The van der Waals surface area contributed by atoms with Crippen molar-refractivity contribution < 1.29 is 8.78 Å². The summed E-state index contributed by atoms with van der Waals surface area (Å²) in [7, 11) is 0. The fraction of sp³-hybridized carbons (Fsp3) is 1.00. The molecule has 10 heavy (non-hydrogen) atoms. The Balaban J connectivity index is 3.39. The predicted octanol–water partition coefficient (Wildman–Crippen LogP) is 3.45. The van der Waals surface area contributed by atoms with Gasteiger partial charge in [0.2, 0.25) is 6.43 Å². The standard InChI is InChI=1S/C7H13BrF2/c1-2-3-6(5-8)4-7(9)10/h6-7H,2-5H2,1H3. The van der Waals surface area contributed by atoms with Gasteiger partial charge in [-0.2, -0.15) is 0 Å². The summed E-state index contributed by atoms with van der Waals surface area (Å²) in [6.07, 6.45) is -0.216. The van der Waals surface area contributed by atoms with Gasteiger partial charge in [-0.15, -0.1) is 0 Å². The van der Waals surface area contributed by atoms with Crippen LogP contribution in [-0.2, 0) is 0 Å². The van der Waals surface area contributed by atoms with E-state index in [-0.39, 0.29) is 12.3 Å². The van der Waals surface area contributed by atoms with Crippen LogP contribution in [0.1, 0.15) is 26.2 Å². The molecule has 1 unspecified atom stereocenters. The lowest BCUT2D eigenvalue weighted by molar-refractivity contribution is 0.117. The average Bonchev–Trinajstić information content (AvgIpc) is 1.86. The minimum Gasteiger partial charge on any atom is -0.211 e. The van der Waals surface area contributed by atoms with Crippen LogP contribution < -0.4 is 0 Å². The highest BCUT2D eigenvalue weighted by Crippen LogP contribution is 2.18. The summed E-state index contributed by atoms with van der Waals surface area (Å²) < 4.78 is 23.5. The molecule has 0 N–H and O–H groups in total. The van der Waals surface area contributed by atoms with Crippen molar-refractivity contribution in [2.45, 2.75) is 32.6 Å². The topological polar surface area (TPSA) is 0 Å². The first-order chi connectivity index (χ1) is 4.70. The Morgan fingerprint density at radius 2 is 2.00 bits per heavy atom. The van der Waals surface area contributed by atoms with Gasteiger partial charge in [0, 0.05) is 11.8 Å². The molecule has 3 heteroatoms. The molecule has 0 heterocycles. The van der Waals surface area contributed by atoms with Crippen LogP contribution in [-0.4, -0.2) is 11.8 Å². The molecule has 0 radical (unpaired) electrons. The minimum absolute atomic E-state index is 0.0408. The maximum Gasteiger partial charge on any atom is 0.238 e. The van der Waals surface area contributed by atoms with Crippen LogP contribution in [0.25, 0.3) is 0 Å². The van der Waals surface area contributed by atoms with Gasteiger partial charge in [-0.3, -0.25) is 0 Å². The summed E-state index contributed by atoms with van der Waals surface area (Å²) in [6, 6.07) is 0. The Morgan fingerprint density at radius 1 is 1.40 bits per heavy atom. The summed E-state index contributed by atoms with van der Waals surface area (Å²) in [6.45, 7) is 2.02. The lowest BCUT2D eigenvalue weighted by Crippen LogP contribution is -2.06. The van der Waals surface area contributed by atoms with Crippen LogP contribution in [0.15, 0.2) is 0 Å². The maximum absolute atomic E-state index is 11.8. The van der Waals surface area contributed by atoms with Crippen molar-refractivity contribution in [1.29, 1.82) is 0 Å². The van der Waals surface area contributed by atoms with Crippen molar-refractivity contribution in [3.05, 3.63) is 0 Å². The number of rotatable bonds is 5. The van der Waals surface area contributed by atoms with Crippen molar-refractivity contribution in [1.82, 2.24) is 0 Å². The molecule has 0 rings (SSSR count). The summed E-state index contributed by atoms with van der Waals surface area (Å²) in [4.78, 5) is 0. The van der Waals surface area contributed by atoms with Gasteiger partial charge in [-0.05, 0) is 12.3 Å². The van der Waals surface area contributed by atoms with Crippen LogP contribution in [0.5, 0.6) is 0 Å². The second-order valence-corrected chi connectivity index (χ2v) is 3.08. The molecule has 0 bridgehead atoms. The second-order valence-electron chi connectivity index (χ2n) is 2.44. The molecule has 0 fully saturated rings. The molecule has 0 aliphatic rings. The third kappa shape index (κ3) is 5.15. The molecule has 0 saturated heterocycles. The zero-order valence-electron chi connectivity index (χ0n) is 6.12. The van der Waals surface area contributed by atoms with Crippen molar-refractivity contribution in [2.75, 3.05) is 5.33 Å². The monoisotopic (exact) mass is 214 g/mol. The predicted molar refractivity (Wildman–Crippen MR) is 42.8 cm³/mol. The summed E-state index contributed by atoms with van der Waals surface area (Å²) in [5.41, 5.74) is 0. The number of halogens is 3. The molecular formula is C7H13BrF2. The zero-order chi connectivity index (χ0) is 7.98. The highest BCUT2D eigenvalue weighted by molar-refractivity contribution is 9.09. The van der Waals surface area contributed by atoms with Crippen molar-refractivity contribution in [2.24, 2.45) is 5.92 Å². The molecule has 1 atom stereocenters. The van der Waals surface area contributed by atoms with E-state index in [0.29, 0.717) is 5.33 Å². The molecule has 62 valence electrons. The Hall–Kier alpha value is 0.340. The van der Waals surface area contributed by atoms with Gasteiger partial charge in [-0.1, -0.05) is 29.3 Å². The molecule has 0 aromatic heterocycles. The molecule has 0 aromatic carbocycles. The van der Waals surface area contributed by atoms with E-state index >= 15 is 0 Å². The highest BCUT2D eigenvalue weighted by Gasteiger charge is 2.12. The van der Waals surface area contributed by atoms with Gasteiger partial charge in [0.1, 0.15) is 0 Å². The third-order valence-corrected chi connectivity index (χ3v) is 2.34. The first kappa shape index (κ1) is 10.3. The first-order valence-corrected chi connectivity index (χ1v) is 4.67. The smallest absolute Gasteiger partial charge is 0.211 e.